The van der Waals surface area contributed by atoms with Crippen molar-refractivity contribution in [2.75, 3.05) is 25.1 Å². The summed E-state index contributed by atoms with van der Waals surface area (Å²) in [5.41, 5.74) is -0.262. The molecular weight excluding hydrogens is 282 g/mol. The Morgan fingerprint density at radius 3 is 2.86 bits per heavy atom. The van der Waals surface area contributed by atoms with Gasteiger partial charge in [-0.1, -0.05) is 30.3 Å². The van der Waals surface area contributed by atoms with Gasteiger partial charge in [0.25, 0.3) is 0 Å². The number of aliphatic hydroxyl groups is 1. The van der Waals surface area contributed by atoms with E-state index in [1.54, 1.807) is 0 Å². The third-order valence-electron chi connectivity index (χ3n) is 3.95. The summed E-state index contributed by atoms with van der Waals surface area (Å²) in [5.74, 6) is 0.175. The predicted octanol–water partition coefficient (Wildman–Crippen LogP) is 1.05. The minimum Gasteiger partial charge on any atom is -0.467 e. The van der Waals surface area contributed by atoms with Crippen LogP contribution in [0.4, 0.5) is 5.82 Å². The fourth-order valence-corrected chi connectivity index (χ4v) is 2.72. The molecule has 1 aliphatic heterocycles. The van der Waals surface area contributed by atoms with Crippen LogP contribution in [-0.4, -0.2) is 46.7 Å². The van der Waals surface area contributed by atoms with Gasteiger partial charge in [-0.2, -0.15) is 5.10 Å². The Balaban J connectivity index is 1.69. The minimum absolute atomic E-state index is 0.210. The maximum Gasteiger partial charge on any atom is 0.339 e. The molecule has 6 nitrogen and oxygen atoms in total. The molecule has 0 aliphatic carbocycles. The zero-order valence-corrected chi connectivity index (χ0v) is 12.5. The van der Waals surface area contributed by atoms with Gasteiger partial charge in [0.2, 0.25) is 0 Å². The van der Waals surface area contributed by atoms with Gasteiger partial charge in [-0.25, -0.2) is 4.79 Å². The number of hydrogen-bond acceptors (Lipinski definition) is 5. The number of hydrogen-bond donors (Lipinski definition) is 1. The van der Waals surface area contributed by atoms with E-state index in [0.29, 0.717) is 19.5 Å². The third-order valence-corrected chi connectivity index (χ3v) is 3.95. The van der Waals surface area contributed by atoms with Gasteiger partial charge < -0.3 is 14.7 Å². The Morgan fingerprint density at radius 2 is 2.14 bits per heavy atom. The van der Waals surface area contributed by atoms with Crippen LogP contribution in [0.1, 0.15) is 12.0 Å². The number of ether oxygens (including phenoxy) is 1. The molecule has 0 bridgehead atoms. The molecule has 3 rings (SSSR count). The molecule has 6 heteroatoms. The summed E-state index contributed by atoms with van der Waals surface area (Å²) in [5, 5.41) is 14.8. The van der Waals surface area contributed by atoms with Gasteiger partial charge in [0.05, 0.1) is 20.2 Å². The van der Waals surface area contributed by atoms with Crippen LogP contribution in [0.2, 0.25) is 0 Å². The maximum absolute atomic E-state index is 11.6. The molecule has 1 N–H and O–H groups in total. The lowest BCUT2D eigenvalue weighted by Gasteiger charge is -2.20. The predicted molar refractivity (Wildman–Crippen MR) is 81.6 cm³/mol. The normalized spacial score (nSPS) is 21.1. The second-order valence-corrected chi connectivity index (χ2v) is 5.55. The highest BCUT2D eigenvalue weighted by Gasteiger charge is 2.44. The number of methoxy groups -OCH3 is 1. The number of β-amino-alcohol motifs (C(OH)–C–C–N with tert-alkyl or cyclic N) is 1. The molecule has 22 heavy (non-hydrogen) atoms. The molecule has 0 amide bonds. The van der Waals surface area contributed by atoms with Gasteiger partial charge in [0.1, 0.15) is 0 Å². The third kappa shape index (κ3) is 2.82. The van der Waals surface area contributed by atoms with Crippen molar-refractivity contribution in [3.05, 3.63) is 48.2 Å². The highest BCUT2D eigenvalue weighted by atomic mass is 16.5. The monoisotopic (exact) mass is 301 g/mol. The summed E-state index contributed by atoms with van der Waals surface area (Å²) in [4.78, 5) is 13.5. The van der Waals surface area contributed by atoms with Crippen LogP contribution >= 0.6 is 0 Å². The summed E-state index contributed by atoms with van der Waals surface area (Å²) in [7, 11) is 1.29. The molecular formula is C16H19N3O3. The first-order valence-corrected chi connectivity index (χ1v) is 7.24. The van der Waals surface area contributed by atoms with Crippen molar-refractivity contribution in [2.24, 2.45) is 0 Å². The van der Waals surface area contributed by atoms with E-state index < -0.39 is 11.6 Å². The number of esters is 1. The first kappa shape index (κ1) is 14.6. The number of carbonyl (C=O) groups is 1. The van der Waals surface area contributed by atoms with Gasteiger partial charge in [-0.3, -0.25) is 4.68 Å². The average Bonchev–Trinajstić information content (AvgIpc) is 3.15. The van der Waals surface area contributed by atoms with Crippen molar-refractivity contribution < 1.29 is 14.6 Å². The van der Waals surface area contributed by atoms with Gasteiger partial charge >= 0.3 is 5.97 Å². The van der Waals surface area contributed by atoms with Crippen molar-refractivity contribution in [1.29, 1.82) is 0 Å². The van der Waals surface area contributed by atoms with E-state index in [1.165, 1.54) is 12.7 Å². The molecule has 2 aromatic rings. The van der Waals surface area contributed by atoms with Gasteiger partial charge in [-0.05, 0) is 5.56 Å². The Morgan fingerprint density at radius 1 is 1.36 bits per heavy atom. The number of benzene rings is 1. The van der Waals surface area contributed by atoms with E-state index in [1.807, 2.05) is 52.2 Å². The quantitative estimate of drug-likeness (QED) is 0.855. The van der Waals surface area contributed by atoms with Crippen LogP contribution in [0.25, 0.3) is 0 Å². The standard InChI is InChI=1S/C16H19N3O3/c1-22-15(20)16(21)8-10-18(12-16)14-7-9-19(17-14)11-13-5-3-2-4-6-13/h2-7,9,21H,8,10-12H2,1H3. The maximum atomic E-state index is 11.6. The van der Waals surface area contributed by atoms with E-state index >= 15 is 0 Å². The van der Waals surface area contributed by atoms with Crippen molar-refractivity contribution >= 4 is 11.8 Å². The lowest BCUT2D eigenvalue weighted by molar-refractivity contribution is -0.159. The smallest absolute Gasteiger partial charge is 0.339 e. The Kier molecular flexibility index (Phi) is 3.85. The molecule has 0 spiro atoms. The minimum atomic E-state index is -1.43. The average molecular weight is 301 g/mol. The molecule has 1 saturated heterocycles. The lowest BCUT2D eigenvalue weighted by Crippen LogP contribution is -2.42. The van der Waals surface area contributed by atoms with E-state index in [2.05, 4.69) is 9.84 Å². The second-order valence-electron chi connectivity index (χ2n) is 5.55. The van der Waals surface area contributed by atoms with Crippen molar-refractivity contribution in [3.8, 4) is 0 Å². The highest BCUT2D eigenvalue weighted by molar-refractivity contribution is 5.81. The number of anilines is 1. The molecule has 1 atom stereocenters. The van der Waals surface area contributed by atoms with Crippen LogP contribution in [0.15, 0.2) is 42.6 Å². The van der Waals surface area contributed by atoms with Crippen molar-refractivity contribution in [1.82, 2.24) is 9.78 Å². The van der Waals surface area contributed by atoms with Crippen molar-refractivity contribution in [3.63, 3.8) is 0 Å². The molecule has 0 radical (unpaired) electrons. The lowest BCUT2D eigenvalue weighted by atomic mass is 10.0. The van der Waals surface area contributed by atoms with E-state index in [0.717, 1.165) is 5.82 Å². The first-order valence-electron chi connectivity index (χ1n) is 7.24. The number of nitrogens with zero attached hydrogens (tertiary/aromatic N) is 3. The zero-order valence-electron chi connectivity index (χ0n) is 12.5. The zero-order chi connectivity index (χ0) is 15.6. The molecule has 2 heterocycles. The van der Waals surface area contributed by atoms with Gasteiger partial charge in [0.15, 0.2) is 11.4 Å². The van der Waals surface area contributed by atoms with Crippen LogP contribution < -0.4 is 4.90 Å². The molecule has 1 aromatic carbocycles. The van der Waals surface area contributed by atoms with Crippen LogP contribution in [0, 0.1) is 0 Å². The van der Waals surface area contributed by atoms with E-state index in [9.17, 15) is 9.90 Å². The molecule has 1 aromatic heterocycles. The molecule has 1 fully saturated rings. The SMILES string of the molecule is COC(=O)C1(O)CCN(c2ccn(Cc3ccccc3)n2)C1. The Hall–Kier alpha value is -2.34. The van der Waals surface area contributed by atoms with Crippen LogP contribution in [0.5, 0.6) is 0 Å². The number of rotatable bonds is 4. The summed E-state index contributed by atoms with van der Waals surface area (Å²) < 4.78 is 6.51. The first-order chi connectivity index (χ1) is 10.6. The van der Waals surface area contributed by atoms with Crippen LogP contribution in [-0.2, 0) is 16.1 Å². The fraction of sp³-hybridized carbons (Fsp3) is 0.375. The summed E-state index contributed by atoms with van der Waals surface area (Å²) in [6.45, 7) is 1.48. The highest BCUT2D eigenvalue weighted by Crippen LogP contribution is 2.26. The van der Waals surface area contributed by atoms with E-state index in [-0.39, 0.29) is 6.54 Å². The topological polar surface area (TPSA) is 67.6 Å². The number of carbonyl (C=O) groups excluding carboxylic acids is 1. The molecule has 1 aliphatic rings. The largest absolute Gasteiger partial charge is 0.467 e. The summed E-state index contributed by atoms with van der Waals surface area (Å²) in [6.07, 6.45) is 2.25. The molecule has 1 unspecified atom stereocenters. The second kappa shape index (κ2) is 5.81. The Labute approximate surface area is 128 Å². The Bertz CT molecular complexity index is 656. The summed E-state index contributed by atoms with van der Waals surface area (Å²) >= 11 is 0. The summed E-state index contributed by atoms with van der Waals surface area (Å²) in [6, 6.07) is 12.0. The van der Waals surface area contributed by atoms with E-state index in [4.69, 9.17) is 0 Å². The van der Waals surface area contributed by atoms with Gasteiger partial charge in [0, 0.05) is 25.2 Å². The fourth-order valence-electron chi connectivity index (χ4n) is 2.72. The van der Waals surface area contributed by atoms with Crippen molar-refractivity contribution in [2.45, 2.75) is 18.6 Å². The van der Waals surface area contributed by atoms with Gasteiger partial charge in [-0.15, -0.1) is 0 Å². The number of aromatic nitrogens is 2. The molecule has 0 saturated carbocycles. The van der Waals surface area contributed by atoms with Crippen LogP contribution in [0.3, 0.4) is 0 Å². The molecule has 116 valence electrons.